The zero-order chi connectivity index (χ0) is 12.7. The summed E-state index contributed by atoms with van der Waals surface area (Å²) < 4.78 is 1.63. The summed E-state index contributed by atoms with van der Waals surface area (Å²) in [5, 5.41) is 2.69. The average molecular weight is 237 g/mol. The highest BCUT2D eigenvalue weighted by molar-refractivity contribution is 5.75. The van der Waals surface area contributed by atoms with Gasteiger partial charge in [-0.05, 0) is 19.4 Å². The molecule has 0 saturated heterocycles. The third kappa shape index (κ3) is 4.40. The molecule has 1 aromatic rings. The molecule has 5 nitrogen and oxygen atoms in total. The number of aryl methyl sites for hydroxylation is 2. The van der Waals surface area contributed by atoms with E-state index in [9.17, 15) is 9.59 Å². The second-order valence-corrected chi connectivity index (χ2v) is 3.93. The lowest BCUT2D eigenvalue weighted by Gasteiger charge is -2.06. The number of aromatic nitrogens is 1. The fraction of sp³-hybridized carbons (Fsp3) is 0.500. The molecule has 0 spiro atoms. The Balaban J connectivity index is 2.38. The van der Waals surface area contributed by atoms with Crippen LogP contribution in [-0.2, 0) is 11.3 Å². The van der Waals surface area contributed by atoms with Crippen LogP contribution in [0.3, 0.4) is 0 Å². The normalized spacial score (nSPS) is 10.2. The van der Waals surface area contributed by atoms with Crippen LogP contribution in [0, 0.1) is 6.92 Å². The Hall–Kier alpha value is -1.62. The van der Waals surface area contributed by atoms with E-state index in [2.05, 4.69) is 5.32 Å². The minimum absolute atomic E-state index is 0.00914. The first-order valence-corrected chi connectivity index (χ1v) is 5.78. The van der Waals surface area contributed by atoms with Crippen LogP contribution in [0.25, 0.3) is 0 Å². The molecule has 1 amide bonds. The van der Waals surface area contributed by atoms with Gasteiger partial charge in [0.1, 0.15) is 0 Å². The Bertz CT molecular complexity index is 426. The molecule has 1 aromatic heterocycles. The van der Waals surface area contributed by atoms with Crippen LogP contribution in [0.15, 0.2) is 23.1 Å². The minimum Gasteiger partial charge on any atom is -0.355 e. The maximum absolute atomic E-state index is 11.7. The van der Waals surface area contributed by atoms with Crippen LogP contribution in [0.1, 0.15) is 18.4 Å². The van der Waals surface area contributed by atoms with E-state index in [1.54, 1.807) is 23.8 Å². The summed E-state index contributed by atoms with van der Waals surface area (Å²) >= 11 is 0. The highest BCUT2D eigenvalue weighted by atomic mass is 16.1. The van der Waals surface area contributed by atoms with E-state index in [4.69, 9.17) is 5.73 Å². The number of carbonyl (C=O) groups excluding carboxylic acids is 1. The Labute approximate surface area is 101 Å². The topological polar surface area (TPSA) is 77.1 Å². The van der Waals surface area contributed by atoms with Crippen molar-refractivity contribution < 1.29 is 4.79 Å². The zero-order valence-corrected chi connectivity index (χ0v) is 10.1. The first-order chi connectivity index (χ1) is 8.15. The summed E-state index contributed by atoms with van der Waals surface area (Å²) in [6, 6.07) is 3.62. The largest absolute Gasteiger partial charge is 0.355 e. The molecular formula is C12H19N3O2. The first kappa shape index (κ1) is 13.4. The van der Waals surface area contributed by atoms with Gasteiger partial charge in [-0.1, -0.05) is 6.07 Å². The number of nitrogens with two attached hydrogens (primary N) is 1. The molecule has 0 aromatic carbocycles. The van der Waals surface area contributed by atoms with Gasteiger partial charge in [-0.15, -0.1) is 0 Å². The predicted molar refractivity (Wildman–Crippen MR) is 66.7 cm³/mol. The summed E-state index contributed by atoms with van der Waals surface area (Å²) in [4.78, 5) is 23.0. The van der Waals surface area contributed by atoms with Crippen molar-refractivity contribution in [3.63, 3.8) is 0 Å². The number of nitrogens with one attached hydrogen (secondary N) is 1. The number of amides is 1. The van der Waals surface area contributed by atoms with Gasteiger partial charge in [0.05, 0.1) is 0 Å². The molecule has 0 aliphatic carbocycles. The van der Waals surface area contributed by atoms with Gasteiger partial charge in [0.15, 0.2) is 0 Å². The third-order valence-corrected chi connectivity index (χ3v) is 2.48. The van der Waals surface area contributed by atoms with Crippen LogP contribution >= 0.6 is 0 Å². The number of nitrogens with zero attached hydrogens (tertiary/aromatic N) is 1. The SMILES string of the molecule is Cc1cccn(CCCC(=O)NCCN)c1=O. The lowest BCUT2D eigenvalue weighted by molar-refractivity contribution is -0.121. The van der Waals surface area contributed by atoms with Crippen molar-refractivity contribution in [2.24, 2.45) is 5.73 Å². The van der Waals surface area contributed by atoms with Crippen molar-refractivity contribution >= 4 is 5.91 Å². The molecule has 3 N–H and O–H groups in total. The number of rotatable bonds is 6. The van der Waals surface area contributed by atoms with Gasteiger partial charge >= 0.3 is 0 Å². The standard InChI is InChI=1S/C12H19N3O2/c1-10-4-2-8-15(12(10)17)9-3-5-11(16)14-7-6-13/h2,4,8H,3,5-7,9,13H2,1H3,(H,14,16). The number of hydrogen-bond donors (Lipinski definition) is 2. The van der Waals surface area contributed by atoms with Crippen molar-refractivity contribution in [1.82, 2.24) is 9.88 Å². The Kier molecular flexibility index (Phi) is 5.42. The fourth-order valence-electron chi connectivity index (χ4n) is 1.54. The van der Waals surface area contributed by atoms with Crippen LogP contribution < -0.4 is 16.6 Å². The van der Waals surface area contributed by atoms with E-state index < -0.39 is 0 Å². The van der Waals surface area contributed by atoms with Crippen LogP contribution in [0.4, 0.5) is 0 Å². The van der Waals surface area contributed by atoms with Crippen molar-refractivity contribution in [2.75, 3.05) is 13.1 Å². The van der Waals surface area contributed by atoms with Crippen molar-refractivity contribution in [2.45, 2.75) is 26.3 Å². The molecule has 0 bridgehead atoms. The molecule has 0 saturated carbocycles. The highest BCUT2D eigenvalue weighted by Crippen LogP contribution is 1.95. The Morgan fingerprint density at radius 3 is 3.00 bits per heavy atom. The number of hydrogen-bond acceptors (Lipinski definition) is 3. The van der Waals surface area contributed by atoms with E-state index >= 15 is 0 Å². The highest BCUT2D eigenvalue weighted by Gasteiger charge is 2.02. The maximum atomic E-state index is 11.7. The van der Waals surface area contributed by atoms with Crippen LogP contribution in [0.5, 0.6) is 0 Å². The second-order valence-electron chi connectivity index (χ2n) is 3.93. The van der Waals surface area contributed by atoms with Gasteiger partial charge in [-0.3, -0.25) is 9.59 Å². The Morgan fingerprint density at radius 1 is 1.53 bits per heavy atom. The molecule has 5 heteroatoms. The molecule has 1 rings (SSSR count). The van der Waals surface area contributed by atoms with Crippen LogP contribution in [-0.4, -0.2) is 23.6 Å². The summed E-state index contributed by atoms with van der Waals surface area (Å²) in [6.45, 7) is 3.30. The van der Waals surface area contributed by atoms with Crippen molar-refractivity contribution in [1.29, 1.82) is 0 Å². The Morgan fingerprint density at radius 2 is 2.29 bits per heavy atom. The quantitative estimate of drug-likeness (QED) is 0.731. The summed E-state index contributed by atoms with van der Waals surface area (Å²) in [6.07, 6.45) is 2.81. The van der Waals surface area contributed by atoms with Gasteiger partial charge in [0, 0.05) is 37.8 Å². The smallest absolute Gasteiger partial charge is 0.253 e. The fourth-order valence-corrected chi connectivity index (χ4v) is 1.54. The van der Waals surface area contributed by atoms with Crippen molar-refractivity contribution in [3.8, 4) is 0 Å². The maximum Gasteiger partial charge on any atom is 0.253 e. The molecule has 0 aliphatic heterocycles. The summed E-state index contributed by atoms with van der Waals surface area (Å²) in [7, 11) is 0. The molecular weight excluding hydrogens is 218 g/mol. The molecule has 94 valence electrons. The van der Waals surface area contributed by atoms with Gasteiger partial charge in [0.2, 0.25) is 5.91 Å². The van der Waals surface area contributed by atoms with E-state index in [0.717, 1.165) is 5.56 Å². The van der Waals surface area contributed by atoms with Gasteiger partial charge < -0.3 is 15.6 Å². The summed E-state index contributed by atoms with van der Waals surface area (Å²) in [5.74, 6) is -0.0175. The van der Waals surface area contributed by atoms with E-state index in [0.29, 0.717) is 32.5 Å². The van der Waals surface area contributed by atoms with Gasteiger partial charge in [-0.2, -0.15) is 0 Å². The average Bonchev–Trinajstić information content (AvgIpc) is 2.32. The van der Waals surface area contributed by atoms with E-state index in [1.165, 1.54) is 0 Å². The number of pyridine rings is 1. The monoisotopic (exact) mass is 237 g/mol. The summed E-state index contributed by atoms with van der Waals surface area (Å²) in [5.41, 5.74) is 6.00. The number of carbonyl (C=O) groups is 1. The predicted octanol–water partition coefficient (Wildman–Crippen LogP) is 0.0118. The first-order valence-electron chi connectivity index (χ1n) is 5.78. The van der Waals surface area contributed by atoms with Crippen molar-refractivity contribution in [3.05, 3.63) is 34.2 Å². The third-order valence-electron chi connectivity index (χ3n) is 2.48. The molecule has 17 heavy (non-hydrogen) atoms. The molecule has 0 radical (unpaired) electrons. The van der Waals surface area contributed by atoms with E-state index in [1.807, 2.05) is 6.07 Å². The second kappa shape index (κ2) is 6.85. The molecule has 0 fully saturated rings. The lowest BCUT2D eigenvalue weighted by atomic mass is 10.2. The van der Waals surface area contributed by atoms with Gasteiger partial charge in [-0.25, -0.2) is 0 Å². The van der Waals surface area contributed by atoms with Crippen LogP contribution in [0.2, 0.25) is 0 Å². The zero-order valence-electron chi connectivity index (χ0n) is 10.1. The minimum atomic E-state index is -0.0175. The molecule has 0 aliphatic rings. The molecule has 0 atom stereocenters. The molecule has 1 heterocycles. The molecule has 0 unspecified atom stereocenters. The van der Waals surface area contributed by atoms with E-state index in [-0.39, 0.29) is 11.5 Å². The lowest BCUT2D eigenvalue weighted by Crippen LogP contribution is -2.29. The van der Waals surface area contributed by atoms with Gasteiger partial charge in [0.25, 0.3) is 5.56 Å².